The number of unbranched alkanes of at least 4 members (excludes halogenated alkanes) is 1. The number of aryl methyl sites for hydroxylation is 3. The summed E-state index contributed by atoms with van der Waals surface area (Å²) in [5.74, 6) is 1.99. The minimum Gasteiger partial charge on any atom is -0.494 e. The Morgan fingerprint density at radius 3 is 2.46 bits per heavy atom. The molecular formula is C25H26N2O. The van der Waals surface area contributed by atoms with Crippen LogP contribution < -0.4 is 4.74 Å². The normalized spacial score (nSPS) is 11.1. The van der Waals surface area contributed by atoms with Crippen molar-refractivity contribution in [2.75, 3.05) is 6.61 Å². The number of rotatable bonds is 7. The molecule has 4 rings (SSSR count). The van der Waals surface area contributed by atoms with Crippen LogP contribution in [0.1, 0.15) is 24.0 Å². The summed E-state index contributed by atoms with van der Waals surface area (Å²) >= 11 is 0. The molecule has 0 saturated carbocycles. The van der Waals surface area contributed by atoms with Gasteiger partial charge in [-0.25, -0.2) is 4.98 Å². The van der Waals surface area contributed by atoms with E-state index in [1.54, 1.807) is 0 Å². The van der Waals surface area contributed by atoms with Crippen LogP contribution in [0.3, 0.4) is 0 Å². The third kappa shape index (κ3) is 4.09. The number of imidazole rings is 1. The highest BCUT2D eigenvalue weighted by molar-refractivity contribution is 5.80. The molecule has 0 aliphatic rings. The monoisotopic (exact) mass is 370 g/mol. The number of para-hydroxylation sites is 2. The maximum atomic E-state index is 5.90. The van der Waals surface area contributed by atoms with Crippen molar-refractivity contribution in [3.8, 4) is 17.1 Å². The van der Waals surface area contributed by atoms with Crippen molar-refractivity contribution in [1.29, 1.82) is 0 Å². The number of ether oxygens (including phenoxy) is 1. The van der Waals surface area contributed by atoms with Crippen LogP contribution in [0.5, 0.6) is 5.75 Å². The first-order chi connectivity index (χ1) is 13.7. The van der Waals surface area contributed by atoms with Crippen LogP contribution in [0.15, 0.2) is 72.8 Å². The van der Waals surface area contributed by atoms with Crippen molar-refractivity contribution in [1.82, 2.24) is 9.55 Å². The maximum Gasteiger partial charge on any atom is 0.141 e. The lowest BCUT2D eigenvalue weighted by molar-refractivity contribution is 0.303. The van der Waals surface area contributed by atoms with E-state index in [4.69, 9.17) is 9.72 Å². The topological polar surface area (TPSA) is 27.1 Å². The van der Waals surface area contributed by atoms with Crippen LogP contribution in [-0.2, 0) is 6.54 Å². The van der Waals surface area contributed by atoms with Gasteiger partial charge in [0.2, 0.25) is 0 Å². The van der Waals surface area contributed by atoms with E-state index >= 15 is 0 Å². The Morgan fingerprint density at radius 1 is 0.821 bits per heavy atom. The molecule has 0 aliphatic heterocycles. The highest BCUT2D eigenvalue weighted by Gasteiger charge is 2.12. The van der Waals surface area contributed by atoms with Gasteiger partial charge in [-0.3, -0.25) is 0 Å². The summed E-state index contributed by atoms with van der Waals surface area (Å²) in [4.78, 5) is 4.90. The Hall–Kier alpha value is -3.07. The average molecular weight is 370 g/mol. The molecule has 0 bridgehead atoms. The highest BCUT2D eigenvalue weighted by atomic mass is 16.5. The molecule has 0 saturated heterocycles. The fourth-order valence-electron chi connectivity index (χ4n) is 3.49. The molecule has 3 nitrogen and oxygen atoms in total. The molecule has 0 spiro atoms. The van der Waals surface area contributed by atoms with Gasteiger partial charge in [-0.15, -0.1) is 0 Å². The van der Waals surface area contributed by atoms with Crippen LogP contribution in [0.4, 0.5) is 0 Å². The molecule has 0 atom stereocenters. The Bertz CT molecular complexity index is 1060. The van der Waals surface area contributed by atoms with Crippen molar-refractivity contribution in [3.05, 3.63) is 83.9 Å². The second-order valence-corrected chi connectivity index (χ2v) is 7.31. The van der Waals surface area contributed by atoms with Crippen LogP contribution in [0, 0.1) is 13.8 Å². The molecule has 0 N–H and O–H groups in total. The van der Waals surface area contributed by atoms with E-state index in [0.717, 1.165) is 48.6 Å². The van der Waals surface area contributed by atoms with Crippen molar-refractivity contribution in [2.24, 2.45) is 0 Å². The standard InChI is InChI=1S/C25H26N2O/c1-19-12-14-21(15-13-19)25-26-23-10-3-4-11-24(23)27(25)16-5-6-17-28-22-9-7-8-20(2)18-22/h3-4,7-15,18H,5-6,16-17H2,1-2H3. The first kappa shape index (κ1) is 18.3. The zero-order valence-electron chi connectivity index (χ0n) is 16.6. The van der Waals surface area contributed by atoms with Gasteiger partial charge in [-0.1, -0.05) is 54.1 Å². The lowest BCUT2D eigenvalue weighted by Gasteiger charge is -2.11. The van der Waals surface area contributed by atoms with Crippen LogP contribution >= 0.6 is 0 Å². The number of hydrogen-bond donors (Lipinski definition) is 0. The van der Waals surface area contributed by atoms with Crippen molar-refractivity contribution in [2.45, 2.75) is 33.2 Å². The summed E-state index contributed by atoms with van der Waals surface area (Å²) < 4.78 is 8.24. The predicted octanol–water partition coefficient (Wildman–Crippen LogP) is 6.18. The lowest BCUT2D eigenvalue weighted by Crippen LogP contribution is -2.04. The predicted molar refractivity (Wildman–Crippen MR) is 116 cm³/mol. The number of hydrogen-bond acceptors (Lipinski definition) is 2. The Morgan fingerprint density at radius 2 is 1.64 bits per heavy atom. The van der Waals surface area contributed by atoms with Crippen molar-refractivity contribution in [3.63, 3.8) is 0 Å². The quantitative estimate of drug-likeness (QED) is 0.363. The number of fused-ring (bicyclic) bond motifs is 1. The number of nitrogens with zero attached hydrogens (tertiary/aromatic N) is 2. The molecule has 1 heterocycles. The first-order valence-electron chi connectivity index (χ1n) is 9.92. The van der Waals surface area contributed by atoms with Crippen LogP contribution in [0.2, 0.25) is 0 Å². The number of benzene rings is 3. The maximum absolute atomic E-state index is 5.90. The highest BCUT2D eigenvalue weighted by Crippen LogP contribution is 2.25. The molecule has 0 amide bonds. The SMILES string of the molecule is Cc1ccc(-c2nc3ccccc3n2CCCCOc2cccc(C)c2)cc1. The summed E-state index contributed by atoms with van der Waals surface area (Å²) in [5.41, 5.74) is 5.90. The van der Waals surface area contributed by atoms with E-state index in [-0.39, 0.29) is 0 Å². The number of aromatic nitrogens is 2. The molecule has 3 heteroatoms. The summed E-state index contributed by atoms with van der Waals surface area (Å²) in [6.45, 7) is 5.86. The van der Waals surface area contributed by atoms with E-state index in [1.807, 2.05) is 18.2 Å². The molecule has 0 unspecified atom stereocenters. The minimum atomic E-state index is 0.732. The molecule has 28 heavy (non-hydrogen) atoms. The van der Waals surface area contributed by atoms with Gasteiger partial charge in [-0.2, -0.15) is 0 Å². The lowest BCUT2D eigenvalue weighted by atomic mass is 10.1. The first-order valence-corrected chi connectivity index (χ1v) is 9.92. The van der Waals surface area contributed by atoms with Gasteiger partial charge >= 0.3 is 0 Å². The van der Waals surface area contributed by atoms with Gasteiger partial charge in [0.25, 0.3) is 0 Å². The molecule has 142 valence electrons. The molecular weight excluding hydrogens is 344 g/mol. The van der Waals surface area contributed by atoms with Crippen LogP contribution in [0.25, 0.3) is 22.4 Å². The summed E-state index contributed by atoms with van der Waals surface area (Å²) in [7, 11) is 0. The van der Waals surface area contributed by atoms with Crippen LogP contribution in [-0.4, -0.2) is 16.2 Å². The van der Waals surface area contributed by atoms with Gasteiger partial charge in [0.15, 0.2) is 0 Å². The van der Waals surface area contributed by atoms with E-state index in [1.165, 1.54) is 16.6 Å². The van der Waals surface area contributed by atoms with Gasteiger partial charge in [0.05, 0.1) is 17.6 Å². The molecule has 3 aromatic carbocycles. The summed E-state index contributed by atoms with van der Waals surface area (Å²) in [6.07, 6.45) is 2.05. The van der Waals surface area contributed by atoms with E-state index in [0.29, 0.717) is 0 Å². The fourth-order valence-corrected chi connectivity index (χ4v) is 3.49. The van der Waals surface area contributed by atoms with Gasteiger partial charge in [-0.05, 0) is 56.5 Å². The van der Waals surface area contributed by atoms with E-state index in [9.17, 15) is 0 Å². The van der Waals surface area contributed by atoms with Crippen molar-refractivity contribution < 1.29 is 4.74 Å². The van der Waals surface area contributed by atoms with Gasteiger partial charge < -0.3 is 9.30 Å². The summed E-state index contributed by atoms with van der Waals surface area (Å²) in [5, 5.41) is 0. The zero-order chi connectivity index (χ0) is 19.3. The van der Waals surface area contributed by atoms with Gasteiger partial charge in [0, 0.05) is 12.1 Å². The molecule has 1 aromatic heterocycles. The molecule has 0 fully saturated rings. The van der Waals surface area contributed by atoms with E-state index < -0.39 is 0 Å². The molecule has 4 aromatic rings. The average Bonchev–Trinajstić information content (AvgIpc) is 3.07. The zero-order valence-corrected chi connectivity index (χ0v) is 16.6. The molecule has 0 aliphatic carbocycles. The second kappa shape index (κ2) is 8.30. The third-order valence-electron chi connectivity index (χ3n) is 5.00. The molecule has 0 radical (unpaired) electrons. The van der Waals surface area contributed by atoms with Gasteiger partial charge in [0.1, 0.15) is 11.6 Å². The van der Waals surface area contributed by atoms with E-state index in [2.05, 4.69) is 73.0 Å². The fraction of sp³-hybridized carbons (Fsp3) is 0.240. The largest absolute Gasteiger partial charge is 0.494 e. The third-order valence-corrected chi connectivity index (χ3v) is 5.00. The second-order valence-electron chi connectivity index (χ2n) is 7.31. The van der Waals surface area contributed by atoms with Crippen molar-refractivity contribution >= 4 is 11.0 Å². The summed E-state index contributed by atoms with van der Waals surface area (Å²) in [6, 6.07) is 25.2. The Balaban J connectivity index is 1.46. The smallest absolute Gasteiger partial charge is 0.141 e. The Labute approximate surface area is 166 Å². The minimum absolute atomic E-state index is 0.732. The Kier molecular flexibility index (Phi) is 5.43.